The number of nitrogens with two attached hydrogens (primary N) is 1. The highest BCUT2D eigenvalue weighted by Gasteiger charge is 2.20. The Morgan fingerprint density at radius 3 is 2.63 bits per heavy atom. The van der Waals surface area contributed by atoms with E-state index in [-0.39, 0.29) is 10.9 Å². The predicted molar refractivity (Wildman–Crippen MR) is 113 cm³/mol. The van der Waals surface area contributed by atoms with E-state index in [0.717, 1.165) is 16.4 Å². The van der Waals surface area contributed by atoms with Gasteiger partial charge in [0.05, 0.1) is 16.8 Å². The molecule has 3 heterocycles. The van der Waals surface area contributed by atoms with Crippen LogP contribution in [0.4, 0.5) is 5.82 Å². The molecule has 0 saturated heterocycles. The summed E-state index contributed by atoms with van der Waals surface area (Å²) in [6.07, 6.45) is 3.21. The third-order valence-corrected chi connectivity index (χ3v) is 6.33. The van der Waals surface area contributed by atoms with Crippen molar-refractivity contribution in [3.05, 3.63) is 48.5 Å². The fraction of sp³-hybridized carbons (Fsp3) is 0.300. The van der Waals surface area contributed by atoms with Gasteiger partial charge in [-0.1, -0.05) is 18.2 Å². The highest BCUT2D eigenvalue weighted by Crippen LogP contribution is 2.29. The molecule has 0 atom stereocenters. The summed E-state index contributed by atoms with van der Waals surface area (Å²) in [6, 6.07) is 9.26. The lowest BCUT2D eigenvalue weighted by molar-refractivity contribution is 0.126. The van der Waals surface area contributed by atoms with Crippen molar-refractivity contribution in [3.63, 3.8) is 0 Å². The van der Waals surface area contributed by atoms with Gasteiger partial charge in [0.25, 0.3) is 0 Å². The lowest BCUT2D eigenvalue weighted by Crippen LogP contribution is -2.14. The van der Waals surface area contributed by atoms with Gasteiger partial charge in [0.1, 0.15) is 17.9 Å². The Bertz CT molecular complexity index is 1290. The van der Waals surface area contributed by atoms with Crippen LogP contribution in [-0.4, -0.2) is 45.3 Å². The summed E-state index contributed by atoms with van der Waals surface area (Å²) in [5, 5.41) is 0.750. The number of imidazole rings is 1. The van der Waals surface area contributed by atoms with Gasteiger partial charge in [0.2, 0.25) is 15.0 Å². The van der Waals surface area contributed by atoms with Crippen LogP contribution in [0, 0.1) is 0 Å². The molecule has 0 aliphatic carbocycles. The maximum Gasteiger partial charge on any atom is 0.246 e. The van der Waals surface area contributed by atoms with E-state index in [9.17, 15) is 8.42 Å². The van der Waals surface area contributed by atoms with Crippen molar-refractivity contribution in [1.29, 1.82) is 0 Å². The Labute approximate surface area is 173 Å². The summed E-state index contributed by atoms with van der Waals surface area (Å²) >= 11 is 0. The van der Waals surface area contributed by atoms with Crippen LogP contribution in [0.1, 0.15) is 19.2 Å². The molecule has 0 fully saturated rings. The van der Waals surface area contributed by atoms with Crippen molar-refractivity contribution in [2.75, 3.05) is 18.1 Å². The molecule has 0 spiro atoms. The number of ether oxygens (including phenoxy) is 1. The van der Waals surface area contributed by atoms with Gasteiger partial charge in [0.15, 0.2) is 5.82 Å². The summed E-state index contributed by atoms with van der Waals surface area (Å²) in [6.45, 7) is 3.17. The van der Waals surface area contributed by atoms with E-state index < -0.39 is 9.84 Å². The molecule has 4 rings (SSSR count). The number of aryl methyl sites for hydroxylation is 1. The van der Waals surface area contributed by atoms with E-state index in [1.54, 1.807) is 6.07 Å². The Balaban J connectivity index is 1.71. The number of nitrogens with zero attached hydrogens (tertiary/aromatic N) is 5. The van der Waals surface area contributed by atoms with E-state index >= 15 is 0 Å². The second kappa shape index (κ2) is 8.33. The molecule has 10 heteroatoms. The first-order chi connectivity index (χ1) is 14.5. The van der Waals surface area contributed by atoms with E-state index in [4.69, 9.17) is 10.5 Å². The molecule has 0 aliphatic rings. The number of rotatable bonds is 8. The molecule has 3 aromatic heterocycles. The molecule has 0 unspecified atom stereocenters. The second-order valence-corrected chi connectivity index (χ2v) is 8.73. The largest absolute Gasteiger partial charge is 0.382 e. The minimum absolute atomic E-state index is 0.0801. The molecule has 1 aromatic carbocycles. The minimum Gasteiger partial charge on any atom is -0.382 e. The average Bonchev–Trinajstić information content (AvgIpc) is 3.12. The van der Waals surface area contributed by atoms with Gasteiger partial charge in [-0.15, -0.1) is 0 Å². The summed E-state index contributed by atoms with van der Waals surface area (Å²) in [7, 11) is -3.57. The predicted octanol–water partition coefficient (Wildman–Crippen LogP) is 2.36. The molecule has 30 heavy (non-hydrogen) atoms. The molecule has 9 nitrogen and oxygen atoms in total. The summed E-state index contributed by atoms with van der Waals surface area (Å²) in [5.41, 5.74) is 8.36. The van der Waals surface area contributed by atoms with Gasteiger partial charge < -0.3 is 15.0 Å². The molecular weight excluding hydrogens is 404 g/mol. The SMILES string of the molecule is CCOCc1nc2c(N)nc3ccccc3c2n1CCCS(=O)(=O)c1ncccn1. The lowest BCUT2D eigenvalue weighted by atomic mass is 10.2. The van der Waals surface area contributed by atoms with Gasteiger partial charge in [-0.2, -0.15) is 0 Å². The third kappa shape index (κ3) is 3.83. The zero-order valence-electron chi connectivity index (χ0n) is 16.5. The fourth-order valence-electron chi connectivity index (χ4n) is 3.40. The number of para-hydroxylation sites is 1. The van der Waals surface area contributed by atoms with Crippen molar-refractivity contribution < 1.29 is 13.2 Å². The minimum atomic E-state index is -3.57. The number of benzene rings is 1. The number of fused-ring (bicyclic) bond motifs is 3. The molecule has 0 bridgehead atoms. The highest BCUT2D eigenvalue weighted by molar-refractivity contribution is 7.91. The molecule has 0 saturated carbocycles. The normalized spacial score (nSPS) is 12.0. The molecule has 0 amide bonds. The van der Waals surface area contributed by atoms with Crippen LogP contribution in [0.2, 0.25) is 0 Å². The van der Waals surface area contributed by atoms with Crippen molar-refractivity contribution in [1.82, 2.24) is 24.5 Å². The van der Waals surface area contributed by atoms with Crippen LogP contribution in [-0.2, 0) is 27.7 Å². The monoisotopic (exact) mass is 426 g/mol. The fourth-order valence-corrected chi connectivity index (χ4v) is 4.53. The van der Waals surface area contributed by atoms with Crippen LogP contribution in [0.3, 0.4) is 0 Å². The number of nitrogen functional groups attached to an aromatic ring is 1. The zero-order chi connectivity index (χ0) is 21.1. The van der Waals surface area contributed by atoms with Crippen LogP contribution < -0.4 is 5.73 Å². The standard InChI is InChI=1S/C20H22N6O3S/c1-2-29-13-16-25-17-18(14-7-3-4-8-15(14)24-19(17)21)26(16)11-6-12-30(27,28)20-22-9-5-10-23-20/h3-5,7-10H,2,6,11-13H2,1H3,(H2,21,24). The maximum atomic E-state index is 12.5. The molecule has 2 N–H and O–H groups in total. The number of hydrogen-bond acceptors (Lipinski definition) is 8. The highest BCUT2D eigenvalue weighted by atomic mass is 32.2. The molecular formula is C20H22N6O3S. The second-order valence-electron chi connectivity index (χ2n) is 6.73. The Morgan fingerprint density at radius 2 is 1.87 bits per heavy atom. The smallest absolute Gasteiger partial charge is 0.246 e. The third-order valence-electron chi connectivity index (χ3n) is 4.74. The van der Waals surface area contributed by atoms with Gasteiger partial charge in [-0.25, -0.2) is 28.4 Å². The zero-order valence-corrected chi connectivity index (χ0v) is 17.3. The topological polar surface area (TPSA) is 126 Å². The van der Waals surface area contributed by atoms with Gasteiger partial charge in [-0.05, 0) is 25.5 Å². The summed E-state index contributed by atoms with van der Waals surface area (Å²) < 4.78 is 32.6. The quantitative estimate of drug-likeness (QED) is 0.426. The molecule has 156 valence electrons. The van der Waals surface area contributed by atoms with E-state index in [1.807, 2.05) is 35.8 Å². The number of anilines is 1. The lowest BCUT2D eigenvalue weighted by Gasteiger charge is -2.11. The van der Waals surface area contributed by atoms with Gasteiger partial charge >= 0.3 is 0 Å². The van der Waals surface area contributed by atoms with Crippen molar-refractivity contribution in [3.8, 4) is 0 Å². The van der Waals surface area contributed by atoms with Crippen molar-refractivity contribution >= 4 is 37.6 Å². The van der Waals surface area contributed by atoms with Crippen molar-refractivity contribution in [2.24, 2.45) is 0 Å². The Morgan fingerprint density at radius 1 is 1.10 bits per heavy atom. The summed E-state index contributed by atoms with van der Waals surface area (Å²) in [4.78, 5) is 16.8. The summed E-state index contributed by atoms with van der Waals surface area (Å²) in [5.74, 6) is 0.944. The Hall–Kier alpha value is -3.11. The molecule has 4 aromatic rings. The number of aromatic nitrogens is 5. The van der Waals surface area contributed by atoms with E-state index in [1.165, 1.54) is 12.4 Å². The first-order valence-electron chi connectivity index (χ1n) is 9.62. The van der Waals surface area contributed by atoms with Crippen LogP contribution in [0.15, 0.2) is 47.9 Å². The first kappa shape index (κ1) is 20.2. The van der Waals surface area contributed by atoms with Crippen LogP contribution >= 0.6 is 0 Å². The van der Waals surface area contributed by atoms with E-state index in [0.29, 0.717) is 43.3 Å². The molecule has 0 radical (unpaired) electrons. The maximum absolute atomic E-state index is 12.5. The number of hydrogen-bond donors (Lipinski definition) is 1. The van der Waals surface area contributed by atoms with Crippen molar-refractivity contribution in [2.45, 2.75) is 31.7 Å². The van der Waals surface area contributed by atoms with Gasteiger partial charge in [-0.3, -0.25) is 0 Å². The average molecular weight is 427 g/mol. The van der Waals surface area contributed by atoms with Crippen LogP contribution in [0.25, 0.3) is 21.9 Å². The Kier molecular flexibility index (Phi) is 5.60. The molecule has 0 aliphatic heterocycles. The van der Waals surface area contributed by atoms with Gasteiger partial charge in [0, 0.05) is 30.9 Å². The van der Waals surface area contributed by atoms with Crippen LogP contribution in [0.5, 0.6) is 0 Å². The number of sulfone groups is 1. The van der Waals surface area contributed by atoms with E-state index in [2.05, 4.69) is 19.9 Å². The number of pyridine rings is 1. The first-order valence-corrected chi connectivity index (χ1v) is 11.3.